The first kappa shape index (κ1) is 35.4. The Balaban J connectivity index is 1.92. The maximum absolute atomic E-state index is 13.6. The molecule has 20 heteroatoms. The number of esters is 1. The molecule has 0 spiro atoms. The van der Waals surface area contributed by atoms with Crippen molar-refractivity contribution in [1.82, 2.24) is 19.5 Å². The maximum Gasteiger partial charge on any atom is 0.413 e. The summed E-state index contributed by atoms with van der Waals surface area (Å²) in [5.41, 5.74) is -4.15. The van der Waals surface area contributed by atoms with Crippen LogP contribution in [-0.2, 0) is 43.7 Å². The highest BCUT2D eigenvalue weighted by atomic mass is 32.2. The van der Waals surface area contributed by atoms with E-state index in [1.54, 1.807) is 41.5 Å². The van der Waals surface area contributed by atoms with E-state index in [1.807, 2.05) is 0 Å². The number of β-lactam (4-membered cyclic amide) rings is 1. The van der Waals surface area contributed by atoms with Gasteiger partial charge in [-0.3, -0.25) is 19.5 Å². The molecule has 1 aromatic heterocycles. The lowest BCUT2D eigenvalue weighted by Gasteiger charge is -2.45. The number of amides is 4. The van der Waals surface area contributed by atoms with Crippen LogP contribution in [0.25, 0.3) is 0 Å². The van der Waals surface area contributed by atoms with E-state index in [0.717, 1.165) is 16.2 Å². The van der Waals surface area contributed by atoms with E-state index in [-0.39, 0.29) is 28.3 Å². The lowest BCUT2D eigenvalue weighted by atomic mass is 9.97. The van der Waals surface area contributed by atoms with Crippen molar-refractivity contribution in [2.45, 2.75) is 84.3 Å². The zero-order chi connectivity index (χ0) is 34.1. The third-order valence-corrected chi connectivity index (χ3v) is 7.49. The zero-order valence-corrected chi connectivity index (χ0v) is 27.5. The standard InChI is InChI=1S/C25H36N6O12S2/c1-23(2,3)41-19(34)25(7,8)43-29-15(13-12-44-20(26-13)28-21(35)42-24(4,5)6)17(32)27-16-14(11-30-9-10-40-22(30)36)31(18(16)33)45(37,38)39/h12,14,16H,9-11H2,1-8H3,(H,27,32)(H,26,28,35)(H,37,38,39)/b29-15+/t14-,16+/m1/s1. The van der Waals surface area contributed by atoms with Gasteiger partial charge in [0.2, 0.25) is 5.60 Å². The molecule has 2 atom stereocenters. The number of thiazole rings is 1. The molecule has 3 N–H and O–H groups in total. The smallest absolute Gasteiger partial charge is 0.413 e. The van der Waals surface area contributed by atoms with E-state index in [2.05, 4.69) is 20.8 Å². The van der Waals surface area contributed by atoms with E-state index in [0.29, 0.717) is 0 Å². The Morgan fingerprint density at radius 2 is 1.73 bits per heavy atom. The van der Waals surface area contributed by atoms with Crippen LogP contribution in [0.5, 0.6) is 0 Å². The van der Waals surface area contributed by atoms with Crippen LogP contribution in [-0.4, -0.2) is 111 Å². The van der Waals surface area contributed by atoms with E-state index in [1.165, 1.54) is 19.2 Å². The van der Waals surface area contributed by atoms with Crippen LogP contribution < -0.4 is 10.6 Å². The molecule has 0 bridgehead atoms. The highest BCUT2D eigenvalue weighted by molar-refractivity contribution is 7.84. The number of aromatic nitrogens is 1. The Morgan fingerprint density at radius 3 is 2.27 bits per heavy atom. The minimum Gasteiger partial charge on any atom is -0.457 e. The molecule has 0 radical (unpaired) electrons. The van der Waals surface area contributed by atoms with Gasteiger partial charge in [-0.2, -0.15) is 8.42 Å². The maximum atomic E-state index is 13.6. The Labute approximate surface area is 263 Å². The lowest BCUT2D eigenvalue weighted by Crippen LogP contribution is -2.74. The zero-order valence-electron chi connectivity index (χ0n) is 25.9. The van der Waals surface area contributed by atoms with Crippen LogP contribution in [0.15, 0.2) is 10.5 Å². The van der Waals surface area contributed by atoms with Crippen molar-refractivity contribution in [2.75, 3.05) is 25.0 Å². The van der Waals surface area contributed by atoms with Crippen molar-refractivity contribution in [3.05, 3.63) is 11.1 Å². The molecule has 4 amide bonds. The number of carbonyl (C=O) groups excluding carboxylic acids is 5. The number of cyclic esters (lactones) is 1. The first-order chi connectivity index (χ1) is 20.5. The molecule has 3 rings (SSSR count). The quantitative estimate of drug-likeness (QED) is 0.0792. The van der Waals surface area contributed by atoms with Gasteiger partial charge in [-0.05, 0) is 55.4 Å². The Morgan fingerprint density at radius 1 is 1.11 bits per heavy atom. The van der Waals surface area contributed by atoms with Crippen molar-refractivity contribution in [2.24, 2.45) is 5.16 Å². The predicted octanol–water partition coefficient (Wildman–Crippen LogP) is 1.28. The van der Waals surface area contributed by atoms with Gasteiger partial charge in [-0.25, -0.2) is 23.7 Å². The van der Waals surface area contributed by atoms with Crippen LogP contribution >= 0.6 is 11.3 Å². The molecule has 0 unspecified atom stereocenters. The molecule has 2 aliphatic heterocycles. The monoisotopic (exact) mass is 676 g/mol. The first-order valence-electron chi connectivity index (χ1n) is 13.5. The molecule has 2 fully saturated rings. The average molecular weight is 677 g/mol. The fraction of sp³-hybridized carbons (Fsp3) is 0.640. The normalized spacial score (nSPS) is 19.4. The van der Waals surface area contributed by atoms with Crippen LogP contribution in [0.1, 0.15) is 61.1 Å². The van der Waals surface area contributed by atoms with Crippen molar-refractivity contribution in [1.29, 1.82) is 0 Å². The van der Waals surface area contributed by atoms with Crippen LogP contribution in [0.2, 0.25) is 0 Å². The fourth-order valence-corrected chi connectivity index (χ4v) is 5.35. The minimum atomic E-state index is -5.06. The van der Waals surface area contributed by atoms with Gasteiger partial charge in [0.1, 0.15) is 29.5 Å². The molecule has 0 aliphatic carbocycles. The second-order valence-electron chi connectivity index (χ2n) is 12.4. The highest BCUT2D eigenvalue weighted by Gasteiger charge is 2.55. The third-order valence-electron chi connectivity index (χ3n) is 5.78. The Kier molecular flexibility index (Phi) is 10.0. The van der Waals surface area contributed by atoms with E-state index in [9.17, 15) is 36.9 Å². The molecule has 18 nitrogen and oxygen atoms in total. The van der Waals surface area contributed by atoms with Crippen molar-refractivity contribution < 1.29 is 56.0 Å². The number of rotatable bonds is 10. The largest absolute Gasteiger partial charge is 0.457 e. The summed E-state index contributed by atoms with van der Waals surface area (Å²) in [5, 5.41) is 9.90. The summed E-state index contributed by atoms with van der Waals surface area (Å²) in [4.78, 5) is 73.9. The summed E-state index contributed by atoms with van der Waals surface area (Å²) in [5.74, 6) is -3.12. The summed E-state index contributed by atoms with van der Waals surface area (Å²) in [6.45, 7) is 12.3. The average Bonchev–Trinajstić information content (AvgIpc) is 3.47. The molecule has 2 saturated heterocycles. The number of hydrogen-bond acceptors (Lipinski definition) is 14. The molecule has 0 saturated carbocycles. The summed E-state index contributed by atoms with van der Waals surface area (Å²) in [6, 6.07) is -2.95. The van der Waals surface area contributed by atoms with E-state index in [4.69, 9.17) is 19.0 Å². The number of nitrogens with one attached hydrogen (secondary N) is 2. The van der Waals surface area contributed by atoms with Crippen molar-refractivity contribution in [3.8, 4) is 0 Å². The number of nitrogens with zero attached hydrogens (tertiary/aromatic N) is 4. The molecule has 3 heterocycles. The van der Waals surface area contributed by atoms with Gasteiger partial charge in [0, 0.05) is 11.9 Å². The first-order valence-corrected chi connectivity index (χ1v) is 15.7. The molecule has 250 valence electrons. The predicted molar refractivity (Wildman–Crippen MR) is 157 cm³/mol. The van der Waals surface area contributed by atoms with Gasteiger partial charge in [0.05, 0.1) is 12.6 Å². The molecule has 0 aromatic carbocycles. The van der Waals surface area contributed by atoms with Gasteiger partial charge in [-0.1, -0.05) is 5.16 Å². The fourth-order valence-electron chi connectivity index (χ4n) is 3.80. The Bertz CT molecular complexity index is 1490. The molecular formula is C25H36N6O12S2. The summed E-state index contributed by atoms with van der Waals surface area (Å²) >= 11 is 0.886. The van der Waals surface area contributed by atoms with Gasteiger partial charge in [0.15, 0.2) is 10.8 Å². The minimum absolute atomic E-state index is 0.00570. The summed E-state index contributed by atoms with van der Waals surface area (Å²) in [6.07, 6.45) is -1.61. The van der Waals surface area contributed by atoms with E-state index >= 15 is 0 Å². The topological polar surface area (TPSA) is 232 Å². The number of hydrogen-bond donors (Lipinski definition) is 3. The van der Waals surface area contributed by atoms with E-state index < -0.39 is 81.4 Å². The summed E-state index contributed by atoms with van der Waals surface area (Å²) in [7, 11) is -5.06. The number of ether oxygens (including phenoxy) is 3. The summed E-state index contributed by atoms with van der Waals surface area (Å²) < 4.78 is 48.9. The highest BCUT2D eigenvalue weighted by Crippen LogP contribution is 2.27. The molecule has 2 aliphatic rings. The van der Waals surface area contributed by atoms with Crippen molar-refractivity contribution >= 4 is 62.5 Å². The second-order valence-corrected chi connectivity index (χ2v) is 14.5. The number of carbonyl (C=O) groups is 5. The molecule has 45 heavy (non-hydrogen) atoms. The Hall–Kier alpha value is -4.04. The van der Waals surface area contributed by atoms with Crippen LogP contribution in [0.4, 0.5) is 14.7 Å². The van der Waals surface area contributed by atoms with Gasteiger partial charge in [-0.15, -0.1) is 11.3 Å². The van der Waals surface area contributed by atoms with Gasteiger partial charge >= 0.3 is 28.5 Å². The number of oxime groups is 1. The molecule has 1 aromatic rings. The number of anilines is 1. The SMILES string of the molecule is CC(C)(C)OC(=O)Nc1nc(/C(=N\OC(C)(C)C(=O)OC(C)(C)C)C(=O)N[C@@H]2C(=O)N(S(=O)(=O)O)[C@@H]2CN2CCOC2=O)cs1. The molecular weight excluding hydrogens is 640 g/mol. The van der Waals surface area contributed by atoms with Crippen LogP contribution in [0.3, 0.4) is 0 Å². The van der Waals surface area contributed by atoms with Crippen molar-refractivity contribution in [3.63, 3.8) is 0 Å². The van der Waals surface area contributed by atoms with Gasteiger partial charge in [0.25, 0.3) is 11.8 Å². The van der Waals surface area contributed by atoms with Crippen LogP contribution in [0, 0.1) is 0 Å². The second kappa shape index (κ2) is 12.8. The lowest BCUT2D eigenvalue weighted by molar-refractivity contribution is -0.179. The third kappa shape index (κ3) is 9.24. The van der Waals surface area contributed by atoms with Gasteiger partial charge < -0.3 is 29.3 Å².